The number of aromatic nitrogens is 2. The van der Waals surface area contributed by atoms with Crippen molar-refractivity contribution >= 4 is 17.4 Å². The minimum Gasteiger partial charge on any atom is -0.354 e. The summed E-state index contributed by atoms with van der Waals surface area (Å²) in [4.78, 5) is 10.2. The molecule has 9 heteroatoms. The zero-order valence-corrected chi connectivity index (χ0v) is 18.7. The number of rotatable bonds is 1. The molecule has 0 aromatic carbocycles. The number of pyridine rings is 2. The molecule has 2 aromatic heterocycles. The van der Waals surface area contributed by atoms with Crippen molar-refractivity contribution in [3.05, 3.63) is 52.9 Å². The zero-order chi connectivity index (χ0) is 22.5. The van der Waals surface area contributed by atoms with E-state index < -0.39 is 0 Å². The molecule has 2 aromatic rings. The number of nitrogens with one attached hydrogen (secondary N) is 3. The molecule has 3 N–H and O–H groups in total. The highest BCUT2D eigenvalue weighted by Crippen LogP contribution is 2.13. The van der Waals surface area contributed by atoms with Crippen LogP contribution in [-0.2, 0) is 0 Å². The van der Waals surface area contributed by atoms with Crippen molar-refractivity contribution in [3.8, 4) is 12.1 Å². The predicted octanol–water partition coefficient (Wildman–Crippen LogP) is 1.93. The molecule has 0 saturated carbocycles. The van der Waals surface area contributed by atoms with Crippen molar-refractivity contribution in [3.63, 3.8) is 0 Å². The van der Waals surface area contributed by atoms with Crippen LogP contribution in [0.2, 0.25) is 5.15 Å². The number of hydrogen-bond donors (Lipinski definition) is 3. The number of piperazine rings is 2. The quantitative estimate of drug-likeness (QED) is 0.576. The molecule has 2 fully saturated rings. The van der Waals surface area contributed by atoms with E-state index in [2.05, 4.69) is 50.7 Å². The average Bonchev–Trinajstić information content (AvgIpc) is 2.81. The molecule has 164 valence electrons. The van der Waals surface area contributed by atoms with Crippen LogP contribution in [0.15, 0.2) is 36.7 Å². The fourth-order valence-electron chi connectivity index (χ4n) is 3.02. The zero-order valence-electron chi connectivity index (χ0n) is 18.0. The topological polar surface area (TPSA) is 113 Å². The Morgan fingerprint density at radius 3 is 2.06 bits per heavy atom. The normalized spacial score (nSPS) is 20.1. The highest BCUT2D eigenvalue weighted by molar-refractivity contribution is 6.29. The molecule has 31 heavy (non-hydrogen) atoms. The summed E-state index contributed by atoms with van der Waals surface area (Å²) in [7, 11) is 0. The fraction of sp³-hybridized carbons (Fsp3) is 0.455. The summed E-state index contributed by atoms with van der Waals surface area (Å²) in [6, 6.07) is 12.1. The number of nitrogens with zero attached hydrogens (tertiary/aromatic N) is 5. The predicted molar refractivity (Wildman–Crippen MR) is 123 cm³/mol. The lowest BCUT2D eigenvalue weighted by atomic mass is 10.2. The van der Waals surface area contributed by atoms with Gasteiger partial charge in [-0.1, -0.05) is 11.6 Å². The van der Waals surface area contributed by atoms with Crippen LogP contribution in [0.5, 0.6) is 0 Å². The first kappa shape index (κ1) is 24.5. The molecule has 4 heterocycles. The Morgan fingerprint density at radius 2 is 1.61 bits per heavy atom. The summed E-state index contributed by atoms with van der Waals surface area (Å²) < 4.78 is 0. The Balaban J connectivity index is 0.000000181. The average molecular weight is 441 g/mol. The molecule has 0 spiro atoms. The maximum atomic E-state index is 8.67. The Kier molecular flexibility index (Phi) is 10.7. The third-order valence-corrected chi connectivity index (χ3v) is 4.89. The first-order chi connectivity index (χ1) is 15.0. The van der Waals surface area contributed by atoms with Gasteiger partial charge in [0.25, 0.3) is 0 Å². The summed E-state index contributed by atoms with van der Waals surface area (Å²) >= 11 is 5.45. The van der Waals surface area contributed by atoms with Gasteiger partial charge in [0, 0.05) is 63.7 Å². The van der Waals surface area contributed by atoms with Gasteiger partial charge in [0.15, 0.2) is 0 Å². The van der Waals surface area contributed by atoms with E-state index in [0.29, 0.717) is 28.4 Å². The van der Waals surface area contributed by atoms with Crippen molar-refractivity contribution in [2.24, 2.45) is 0 Å². The van der Waals surface area contributed by atoms with Crippen LogP contribution < -0.4 is 20.9 Å². The summed E-state index contributed by atoms with van der Waals surface area (Å²) in [6.07, 6.45) is 3.06. The minimum atomic E-state index is 0.411. The van der Waals surface area contributed by atoms with Gasteiger partial charge in [-0.2, -0.15) is 10.5 Å². The van der Waals surface area contributed by atoms with Gasteiger partial charge >= 0.3 is 0 Å². The minimum absolute atomic E-state index is 0.411. The van der Waals surface area contributed by atoms with E-state index in [1.54, 1.807) is 18.3 Å². The lowest BCUT2D eigenvalue weighted by Gasteiger charge is -2.32. The van der Waals surface area contributed by atoms with E-state index in [1.807, 2.05) is 18.2 Å². The van der Waals surface area contributed by atoms with Crippen molar-refractivity contribution in [2.75, 3.05) is 44.2 Å². The highest BCUT2D eigenvalue weighted by atomic mass is 35.5. The van der Waals surface area contributed by atoms with Crippen LogP contribution >= 0.6 is 11.6 Å². The number of anilines is 1. The van der Waals surface area contributed by atoms with Crippen LogP contribution in [0.4, 0.5) is 5.82 Å². The maximum absolute atomic E-state index is 8.67. The van der Waals surface area contributed by atoms with Crippen molar-refractivity contribution in [2.45, 2.75) is 25.9 Å². The van der Waals surface area contributed by atoms with E-state index in [9.17, 15) is 0 Å². The van der Waals surface area contributed by atoms with E-state index in [0.717, 1.165) is 45.1 Å². The molecule has 8 nitrogen and oxygen atoms in total. The van der Waals surface area contributed by atoms with E-state index in [-0.39, 0.29) is 0 Å². The molecule has 2 atom stereocenters. The van der Waals surface area contributed by atoms with Crippen LogP contribution in [0.3, 0.4) is 0 Å². The van der Waals surface area contributed by atoms with Gasteiger partial charge in [-0.25, -0.2) is 9.97 Å². The van der Waals surface area contributed by atoms with Gasteiger partial charge in [-0.15, -0.1) is 0 Å². The number of halogens is 1. The second-order valence-electron chi connectivity index (χ2n) is 7.36. The van der Waals surface area contributed by atoms with Gasteiger partial charge in [-0.3, -0.25) is 0 Å². The summed E-state index contributed by atoms with van der Waals surface area (Å²) in [6.45, 7) is 10.7. The van der Waals surface area contributed by atoms with Gasteiger partial charge in [-0.05, 0) is 38.1 Å². The third kappa shape index (κ3) is 9.29. The largest absolute Gasteiger partial charge is 0.354 e. The molecule has 2 aliphatic heterocycles. The summed E-state index contributed by atoms with van der Waals surface area (Å²) in [5.41, 5.74) is 1.14. The van der Waals surface area contributed by atoms with Crippen LogP contribution in [-0.4, -0.2) is 61.3 Å². The lowest BCUT2D eigenvalue weighted by molar-refractivity contribution is 0.442. The summed E-state index contributed by atoms with van der Waals surface area (Å²) in [5, 5.41) is 27.3. The smallest absolute Gasteiger partial charge is 0.129 e. The molecule has 0 unspecified atom stereocenters. The van der Waals surface area contributed by atoms with Crippen LogP contribution in [0.1, 0.15) is 25.0 Å². The number of nitriles is 2. The first-order valence-corrected chi connectivity index (χ1v) is 10.7. The summed E-state index contributed by atoms with van der Waals surface area (Å²) in [5.74, 6) is 0.961. The monoisotopic (exact) mass is 440 g/mol. The SMILES string of the molecule is C[C@H]1CN(c2ccc(C#N)cn2)CCN1.C[C@H]1CNCCN1.N#Cc1ccc(Cl)nc1. The first-order valence-electron chi connectivity index (χ1n) is 10.3. The number of hydrogen-bond acceptors (Lipinski definition) is 8. The van der Waals surface area contributed by atoms with Crippen molar-refractivity contribution in [1.29, 1.82) is 10.5 Å². The standard InChI is InChI=1S/C11H14N4.C6H3ClN2.C5H12N2/c1-9-8-15(5-4-13-9)11-3-2-10(6-12)7-14-11;7-6-2-1-5(3-8)4-9-6;1-5-4-6-2-3-7-5/h2-3,7,9,13H,4-5,8H2,1H3;1-2,4H;5-7H,2-4H2,1H3/t9-;;5-/m0.0/s1. The molecule has 0 aliphatic carbocycles. The molecular formula is C22H29ClN8. The molecule has 2 saturated heterocycles. The van der Waals surface area contributed by atoms with Gasteiger partial charge in [0.05, 0.1) is 11.1 Å². The molecular weight excluding hydrogens is 412 g/mol. The Labute approximate surface area is 189 Å². The fourth-order valence-corrected chi connectivity index (χ4v) is 3.13. The van der Waals surface area contributed by atoms with Crippen LogP contribution in [0, 0.1) is 22.7 Å². The lowest BCUT2D eigenvalue weighted by Crippen LogP contribution is -2.49. The Hall–Kier alpha value is -2.75. The molecule has 0 radical (unpaired) electrons. The van der Waals surface area contributed by atoms with E-state index in [4.69, 9.17) is 22.1 Å². The second-order valence-corrected chi connectivity index (χ2v) is 7.75. The van der Waals surface area contributed by atoms with E-state index in [1.165, 1.54) is 6.20 Å². The van der Waals surface area contributed by atoms with Gasteiger partial charge < -0.3 is 20.9 Å². The third-order valence-electron chi connectivity index (χ3n) is 4.67. The van der Waals surface area contributed by atoms with Gasteiger partial charge in [0.2, 0.25) is 0 Å². The molecule has 2 aliphatic rings. The molecule has 0 bridgehead atoms. The van der Waals surface area contributed by atoms with Crippen LogP contribution in [0.25, 0.3) is 0 Å². The van der Waals surface area contributed by atoms with Crippen molar-refractivity contribution < 1.29 is 0 Å². The second kappa shape index (κ2) is 13.5. The molecule has 0 amide bonds. The molecule has 4 rings (SSSR count). The van der Waals surface area contributed by atoms with Crippen molar-refractivity contribution in [1.82, 2.24) is 25.9 Å². The maximum Gasteiger partial charge on any atom is 0.129 e. The Morgan fingerprint density at radius 1 is 0.935 bits per heavy atom. The highest BCUT2D eigenvalue weighted by Gasteiger charge is 2.16. The Bertz CT molecular complexity index is 851. The van der Waals surface area contributed by atoms with E-state index >= 15 is 0 Å². The van der Waals surface area contributed by atoms with Gasteiger partial charge in [0.1, 0.15) is 23.1 Å².